The molecule has 5 nitrogen and oxygen atoms in total. The number of ether oxygens (including phenoxy) is 4. The lowest BCUT2D eigenvalue weighted by atomic mass is 10.2. The molecule has 2 aromatic carbocycles. The Morgan fingerprint density at radius 2 is 1.48 bits per heavy atom. The van der Waals surface area contributed by atoms with E-state index in [0.717, 1.165) is 0 Å². The molecular weight excluding hydrogens is 368 g/mol. The van der Waals surface area contributed by atoms with E-state index >= 15 is 0 Å². The molecule has 1 fully saturated rings. The molecule has 29 heavy (non-hydrogen) atoms. The fourth-order valence-electron chi connectivity index (χ4n) is 2.51. The van der Waals surface area contributed by atoms with Gasteiger partial charge in [-0.2, -0.15) is 0 Å². The maximum atomic E-state index is 8.63. The van der Waals surface area contributed by atoms with Crippen LogP contribution >= 0.6 is 0 Å². The lowest BCUT2D eigenvalue weighted by Gasteiger charge is -2.19. The van der Waals surface area contributed by atoms with Gasteiger partial charge in [-0.05, 0) is 11.1 Å². The molecule has 1 aliphatic heterocycles. The van der Waals surface area contributed by atoms with Crippen molar-refractivity contribution in [3.63, 3.8) is 0 Å². The van der Waals surface area contributed by atoms with Crippen LogP contribution in [0, 0.1) is 0 Å². The Bertz CT molecular complexity index is 680. The molecule has 0 saturated carbocycles. The Hall–Kier alpha value is -2.28. The van der Waals surface area contributed by atoms with E-state index < -0.39 is 5.97 Å². The minimum Gasteiger partial charge on any atom is -0.394 e. The first kappa shape index (κ1) is 23.0. The van der Waals surface area contributed by atoms with Crippen molar-refractivity contribution in [3.05, 3.63) is 83.9 Å². The van der Waals surface area contributed by atoms with Gasteiger partial charge in [0.05, 0.1) is 26.4 Å². The first-order valence-corrected chi connectivity index (χ1v) is 9.64. The Labute approximate surface area is 173 Å². The molecule has 0 spiro atoms. The summed E-state index contributed by atoms with van der Waals surface area (Å²) in [6.07, 6.45) is 7.96. The summed E-state index contributed by atoms with van der Waals surface area (Å²) in [7, 11) is 1.50. The number of methoxy groups -OCH3 is 1. The summed E-state index contributed by atoms with van der Waals surface area (Å²) in [5.41, 5.74) is 2.40. The minimum atomic E-state index is -0.951. The zero-order valence-corrected chi connectivity index (χ0v) is 17.1. The number of hydrogen-bond acceptors (Lipinski definition) is 5. The quantitative estimate of drug-likeness (QED) is 0.677. The monoisotopic (exact) mass is 398 g/mol. The van der Waals surface area contributed by atoms with Crippen molar-refractivity contribution in [2.24, 2.45) is 0 Å². The fourth-order valence-corrected chi connectivity index (χ4v) is 2.51. The van der Waals surface area contributed by atoms with E-state index in [1.807, 2.05) is 48.6 Å². The van der Waals surface area contributed by atoms with Gasteiger partial charge >= 0.3 is 0 Å². The van der Waals surface area contributed by atoms with Crippen molar-refractivity contribution in [1.29, 1.82) is 0 Å². The van der Waals surface area contributed by atoms with Gasteiger partial charge in [-0.3, -0.25) is 0 Å². The zero-order chi connectivity index (χ0) is 20.8. The third kappa shape index (κ3) is 9.17. The average molecular weight is 398 g/mol. The molecule has 0 bridgehead atoms. The Balaban J connectivity index is 0.000000253. The molecule has 1 heterocycles. The van der Waals surface area contributed by atoms with E-state index in [4.69, 9.17) is 24.1 Å². The van der Waals surface area contributed by atoms with Crippen LogP contribution in [0.4, 0.5) is 0 Å². The predicted octanol–water partition coefficient (Wildman–Crippen LogP) is 4.14. The maximum absolute atomic E-state index is 8.63. The smallest absolute Gasteiger partial charge is 0.280 e. The Morgan fingerprint density at radius 3 is 1.86 bits per heavy atom. The predicted molar refractivity (Wildman–Crippen MR) is 115 cm³/mol. The van der Waals surface area contributed by atoms with Gasteiger partial charge in [0.2, 0.25) is 0 Å². The summed E-state index contributed by atoms with van der Waals surface area (Å²) in [5, 5.41) is 8.63. The molecule has 0 aliphatic carbocycles. The lowest BCUT2D eigenvalue weighted by Crippen LogP contribution is -2.29. The first-order valence-electron chi connectivity index (χ1n) is 9.64. The summed E-state index contributed by atoms with van der Waals surface area (Å²) >= 11 is 0. The third-order valence-electron chi connectivity index (χ3n) is 4.13. The number of aliphatic hydroxyl groups is 1. The maximum Gasteiger partial charge on any atom is 0.280 e. The lowest BCUT2D eigenvalue weighted by molar-refractivity contribution is -0.314. The minimum absolute atomic E-state index is 0.0288. The highest BCUT2D eigenvalue weighted by Gasteiger charge is 2.36. The molecular formula is C24H30O5. The molecule has 2 unspecified atom stereocenters. The van der Waals surface area contributed by atoms with Crippen molar-refractivity contribution >= 4 is 12.2 Å². The second-order valence-corrected chi connectivity index (χ2v) is 6.46. The summed E-state index contributed by atoms with van der Waals surface area (Å²) in [6, 6.07) is 20.5. The molecule has 0 radical (unpaired) electrons. The molecule has 1 saturated heterocycles. The van der Waals surface area contributed by atoms with E-state index in [9.17, 15) is 0 Å². The first-order chi connectivity index (χ1) is 14.1. The topological polar surface area (TPSA) is 57.2 Å². The van der Waals surface area contributed by atoms with Gasteiger partial charge in [0, 0.05) is 14.0 Å². The van der Waals surface area contributed by atoms with Crippen LogP contribution in [0.25, 0.3) is 12.2 Å². The van der Waals surface area contributed by atoms with Crippen molar-refractivity contribution in [1.82, 2.24) is 0 Å². The number of rotatable bonds is 8. The molecule has 0 amide bonds. The number of aliphatic hydroxyl groups excluding tert-OH is 1. The summed E-state index contributed by atoms with van der Waals surface area (Å²) in [5.74, 6) is -0.951. The van der Waals surface area contributed by atoms with E-state index in [1.165, 1.54) is 18.2 Å². The molecule has 2 atom stereocenters. The molecule has 156 valence electrons. The fraction of sp³-hybridized carbons (Fsp3) is 0.333. The van der Waals surface area contributed by atoms with E-state index in [-0.39, 0.29) is 12.7 Å². The van der Waals surface area contributed by atoms with Crippen LogP contribution < -0.4 is 0 Å². The van der Waals surface area contributed by atoms with Gasteiger partial charge < -0.3 is 24.1 Å². The van der Waals surface area contributed by atoms with Crippen molar-refractivity contribution in [2.45, 2.75) is 19.0 Å². The van der Waals surface area contributed by atoms with Gasteiger partial charge in [0.25, 0.3) is 5.97 Å². The van der Waals surface area contributed by atoms with Gasteiger partial charge in [-0.1, -0.05) is 85.0 Å². The molecule has 3 rings (SSSR count). The summed E-state index contributed by atoms with van der Waals surface area (Å²) in [4.78, 5) is 0. The molecule has 1 aliphatic rings. The Morgan fingerprint density at radius 1 is 0.966 bits per heavy atom. The van der Waals surface area contributed by atoms with E-state index in [2.05, 4.69) is 36.4 Å². The average Bonchev–Trinajstić information content (AvgIpc) is 3.17. The third-order valence-corrected chi connectivity index (χ3v) is 4.13. The van der Waals surface area contributed by atoms with E-state index in [0.29, 0.717) is 19.8 Å². The molecule has 1 N–H and O–H groups in total. The number of benzene rings is 2. The van der Waals surface area contributed by atoms with Crippen LogP contribution in [-0.4, -0.2) is 50.7 Å². The van der Waals surface area contributed by atoms with Crippen LogP contribution in [-0.2, 0) is 18.9 Å². The van der Waals surface area contributed by atoms with Crippen molar-refractivity contribution in [2.75, 3.05) is 33.5 Å². The standard InChI is InChI=1S/C18H18O.C6H12O4/c1-3-9-17(10-4-1)13-7-15-19-16-8-14-18-11-5-2-6-12-18;1-6(8-2)9-4-5(3-7)10-6/h1-14H,15-16H2;5,7H,3-4H2,1-2H3/b13-7+,14-8+;. The second-order valence-electron chi connectivity index (χ2n) is 6.46. The summed E-state index contributed by atoms with van der Waals surface area (Å²) in [6.45, 7) is 3.30. The van der Waals surface area contributed by atoms with Gasteiger partial charge in [0.15, 0.2) is 0 Å². The van der Waals surface area contributed by atoms with Crippen LogP contribution in [0.5, 0.6) is 0 Å². The normalized spacial score (nSPS) is 21.4. The highest BCUT2D eigenvalue weighted by atomic mass is 16.9. The second kappa shape index (κ2) is 13.0. The van der Waals surface area contributed by atoms with Crippen molar-refractivity contribution < 1.29 is 24.1 Å². The van der Waals surface area contributed by atoms with Crippen LogP contribution in [0.1, 0.15) is 18.1 Å². The number of hydrogen-bond donors (Lipinski definition) is 1. The molecule has 2 aromatic rings. The largest absolute Gasteiger partial charge is 0.394 e. The van der Waals surface area contributed by atoms with Gasteiger partial charge in [0.1, 0.15) is 6.10 Å². The Kier molecular flexibility index (Phi) is 10.3. The highest BCUT2D eigenvalue weighted by molar-refractivity contribution is 5.49. The van der Waals surface area contributed by atoms with E-state index in [1.54, 1.807) is 6.92 Å². The summed E-state index contributed by atoms with van der Waals surface area (Å²) < 4.78 is 20.6. The van der Waals surface area contributed by atoms with Crippen molar-refractivity contribution in [3.8, 4) is 0 Å². The van der Waals surface area contributed by atoms with Crippen LogP contribution in [0.3, 0.4) is 0 Å². The molecule has 0 aromatic heterocycles. The SMILES string of the molecule is C(=C\c1ccccc1)/COC/C=C/c1ccccc1.COC1(C)OCC(CO)O1. The molecule has 5 heteroatoms. The van der Waals surface area contributed by atoms with Crippen LogP contribution in [0.15, 0.2) is 72.8 Å². The zero-order valence-electron chi connectivity index (χ0n) is 17.1. The highest BCUT2D eigenvalue weighted by Crippen LogP contribution is 2.22. The van der Waals surface area contributed by atoms with Gasteiger partial charge in [-0.15, -0.1) is 0 Å². The van der Waals surface area contributed by atoms with Crippen LogP contribution in [0.2, 0.25) is 0 Å². The van der Waals surface area contributed by atoms with Gasteiger partial charge in [-0.25, -0.2) is 0 Å².